The number of benzene rings is 3. The maximum atomic E-state index is 13.3. The van der Waals surface area contributed by atoms with Crippen LogP contribution in [0.5, 0.6) is 11.5 Å². The molecule has 0 atom stereocenters. The van der Waals surface area contributed by atoms with Gasteiger partial charge in [0, 0.05) is 16.7 Å². The molecule has 33 heavy (non-hydrogen) atoms. The normalized spacial score (nSPS) is 11.0. The third-order valence-electron chi connectivity index (χ3n) is 4.94. The molecule has 166 valence electrons. The molecule has 8 heteroatoms. The van der Waals surface area contributed by atoms with Gasteiger partial charge in [-0.2, -0.15) is 4.68 Å². The van der Waals surface area contributed by atoms with E-state index < -0.39 is 11.5 Å². The third-order valence-corrected chi connectivity index (χ3v) is 5.19. The van der Waals surface area contributed by atoms with Crippen molar-refractivity contribution in [1.82, 2.24) is 9.66 Å². The molecule has 1 amide bonds. The van der Waals surface area contributed by atoms with Crippen LogP contribution in [0.25, 0.3) is 28.4 Å². The molecule has 0 aliphatic rings. The van der Waals surface area contributed by atoms with Crippen LogP contribution in [0.3, 0.4) is 0 Å². The van der Waals surface area contributed by atoms with Gasteiger partial charge in [-0.25, -0.2) is 4.98 Å². The number of hydrogen-bond donors (Lipinski definition) is 1. The zero-order chi connectivity index (χ0) is 23.4. The minimum Gasteiger partial charge on any atom is -0.493 e. The molecular weight excluding hydrogens is 442 g/mol. The molecule has 4 rings (SSSR count). The molecule has 7 nitrogen and oxygen atoms in total. The van der Waals surface area contributed by atoms with Crippen LogP contribution in [0.15, 0.2) is 77.6 Å². The Balaban J connectivity index is 1.78. The lowest BCUT2D eigenvalue weighted by Crippen LogP contribution is -2.34. The summed E-state index contributed by atoms with van der Waals surface area (Å²) in [6.07, 6.45) is 2.96. The van der Waals surface area contributed by atoms with Gasteiger partial charge in [0.2, 0.25) is 0 Å². The first kappa shape index (κ1) is 22.1. The van der Waals surface area contributed by atoms with Crippen LogP contribution < -0.4 is 20.5 Å². The molecule has 3 aromatic carbocycles. The topological polar surface area (TPSA) is 82.5 Å². The smallest absolute Gasteiger partial charge is 0.280 e. The van der Waals surface area contributed by atoms with Crippen molar-refractivity contribution in [2.24, 2.45) is 0 Å². The third kappa shape index (κ3) is 4.73. The van der Waals surface area contributed by atoms with Crippen LogP contribution in [0.1, 0.15) is 5.56 Å². The molecule has 0 saturated carbocycles. The number of nitrogens with zero attached hydrogens (tertiary/aromatic N) is 2. The number of halogens is 1. The average molecular weight is 462 g/mol. The van der Waals surface area contributed by atoms with Crippen LogP contribution >= 0.6 is 11.6 Å². The Morgan fingerprint density at radius 2 is 1.73 bits per heavy atom. The van der Waals surface area contributed by atoms with E-state index in [1.165, 1.54) is 20.3 Å². The molecule has 0 saturated heterocycles. The molecule has 0 spiro atoms. The standard InChI is InChI=1S/C25H20ClN3O4/c1-32-21-13-10-17(15-22(21)33-2)24-27-20-6-4-3-5-19(20)25(31)29(24)28-23(30)14-9-16-7-11-18(26)12-8-16/h3-15H,1-2H3,(H,28,30)/b14-9+. The van der Waals surface area contributed by atoms with Crippen molar-refractivity contribution in [3.63, 3.8) is 0 Å². The van der Waals surface area contributed by atoms with Gasteiger partial charge in [0.05, 0.1) is 25.1 Å². The maximum Gasteiger partial charge on any atom is 0.280 e. The summed E-state index contributed by atoms with van der Waals surface area (Å²) in [5.41, 5.74) is 4.10. The van der Waals surface area contributed by atoms with Crippen molar-refractivity contribution in [3.8, 4) is 22.9 Å². The van der Waals surface area contributed by atoms with E-state index in [4.69, 9.17) is 21.1 Å². The summed E-state index contributed by atoms with van der Waals surface area (Å²) in [4.78, 5) is 30.6. The highest BCUT2D eigenvalue weighted by molar-refractivity contribution is 6.30. The molecule has 0 bridgehead atoms. The Hall–Kier alpha value is -4.10. The number of amides is 1. The summed E-state index contributed by atoms with van der Waals surface area (Å²) in [6, 6.07) is 19.1. The number of nitrogens with one attached hydrogen (secondary N) is 1. The van der Waals surface area contributed by atoms with Gasteiger partial charge >= 0.3 is 0 Å². The fourth-order valence-corrected chi connectivity index (χ4v) is 3.42. The van der Waals surface area contributed by atoms with Gasteiger partial charge < -0.3 is 9.47 Å². The zero-order valence-electron chi connectivity index (χ0n) is 17.9. The Kier molecular flexibility index (Phi) is 6.42. The second-order valence-corrected chi connectivity index (χ2v) is 7.46. The molecule has 4 aromatic rings. The van der Waals surface area contributed by atoms with E-state index in [9.17, 15) is 9.59 Å². The van der Waals surface area contributed by atoms with E-state index in [1.54, 1.807) is 72.8 Å². The summed E-state index contributed by atoms with van der Waals surface area (Å²) in [7, 11) is 3.06. The fraction of sp³-hybridized carbons (Fsp3) is 0.0800. The Morgan fingerprint density at radius 1 is 1.00 bits per heavy atom. The van der Waals surface area contributed by atoms with Gasteiger partial charge in [-0.3, -0.25) is 15.0 Å². The van der Waals surface area contributed by atoms with Crippen molar-refractivity contribution >= 4 is 34.5 Å². The molecule has 1 heterocycles. The van der Waals surface area contributed by atoms with Crippen LogP contribution in [0, 0.1) is 0 Å². The van der Waals surface area contributed by atoms with Gasteiger partial charge in [0.1, 0.15) is 0 Å². The predicted octanol–water partition coefficient (Wildman–Crippen LogP) is 4.52. The fourth-order valence-electron chi connectivity index (χ4n) is 3.30. The number of carbonyl (C=O) groups is 1. The number of methoxy groups -OCH3 is 2. The van der Waals surface area contributed by atoms with E-state index in [2.05, 4.69) is 10.4 Å². The van der Waals surface area contributed by atoms with E-state index in [0.29, 0.717) is 33.0 Å². The van der Waals surface area contributed by atoms with Crippen molar-refractivity contribution < 1.29 is 14.3 Å². The zero-order valence-corrected chi connectivity index (χ0v) is 18.7. The van der Waals surface area contributed by atoms with Gasteiger partial charge in [-0.05, 0) is 54.1 Å². The van der Waals surface area contributed by atoms with Crippen LogP contribution in [-0.4, -0.2) is 29.8 Å². The first-order valence-electron chi connectivity index (χ1n) is 9.99. The maximum absolute atomic E-state index is 13.3. The molecule has 1 aromatic heterocycles. The number of para-hydroxylation sites is 1. The lowest BCUT2D eigenvalue weighted by Gasteiger charge is -2.15. The highest BCUT2D eigenvalue weighted by Gasteiger charge is 2.16. The Morgan fingerprint density at radius 3 is 2.45 bits per heavy atom. The Labute approximate surface area is 194 Å². The summed E-state index contributed by atoms with van der Waals surface area (Å²) >= 11 is 5.90. The minimum absolute atomic E-state index is 0.257. The number of rotatable bonds is 6. The summed E-state index contributed by atoms with van der Waals surface area (Å²) in [5, 5.41) is 0.980. The highest BCUT2D eigenvalue weighted by atomic mass is 35.5. The molecule has 0 aliphatic heterocycles. The SMILES string of the molecule is COc1ccc(-c2nc3ccccc3c(=O)n2NC(=O)/C=C/c2ccc(Cl)cc2)cc1OC. The molecule has 1 N–H and O–H groups in total. The van der Waals surface area contributed by atoms with E-state index >= 15 is 0 Å². The van der Waals surface area contributed by atoms with E-state index in [1.807, 2.05) is 0 Å². The Bertz CT molecular complexity index is 1410. The monoisotopic (exact) mass is 461 g/mol. The van der Waals surface area contributed by atoms with Gasteiger partial charge in [0.25, 0.3) is 11.5 Å². The lowest BCUT2D eigenvalue weighted by atomic mass is 10.1. The molecule has 0 radical (unpaired) electrons. The number of fused-ring (bicyclic) bond motifs is 1. The molecule has 0 aliphatic carbocycles. The second-order valence-electron chi connectivity index (χ2n) is 7.02. The summed E-state index contributed by atoms with van der Waals surface area (Å²) in [6.45, 7) is 0. The van der Waals surface area contributed by atoms with Crippen molar-refractivity contribution in [2.45, 2.75) is 0 Å². The van der Waals surface area contributed by atoms with E-state index in [0.717, 1.165) is 10.2 Å². The van der Waals surface area contributed by atoms with Crippen molar-refractivity contribution in [1.29, 1.82) is 0 Å². The second kappa shape index (κ2) is 9.58. The first-order valence-corrected chi connectivity index (χ1v) is 10.4. The van der Waals surface area contributed by atoms with Crippen LogP contribution in [-0.2, 0) is 4.79 Å². The summed E-state index contributed by atoms with van der Waals surface area (Å²) in [5.74, 6) is 0.766. The van der Waals surface area contributed by atoms with Crippen molar-refractivity contribution in [2.75, 3.05) is 19.6 Å². The lowest BCUT2D eigenvalue weighted by molar-refractivity contribution is -0.112. The molecule has 0 fully saturated rings. The van der Waals surface area contributed by atoms with Crippen LogP contribution in [0.2, 0.25) is 5.02 Å². The molecule has 0 unspecified atom stereocenters. The number of hydrogen-bond acceptors (Lipinski definition) is 5. The summed E-state index contributed by atoms with van der Waals surface area (Å²) < 4.78 is 11.8. The number of ether oxygens (including phenoxy) is 2. The number of aromatic nitrogens is 2. The number of carbonyl (C=O) groups excluding carboxylic acids is 1. The van der Waals surface area contributed by atoms with Gasteiger partial charge in [-0.15, -0.1) is 0 Å². The highest BCUT2D eigenvalue weighted by Crippen LogP contribution is 2.31. The average Bonchev–Trinajstić information content (AvgIpc) is 2.85. The first-order chi connectivity index (χ1) is 16.0. The van der Waals surface area contributed by atoms with E-state index in [-0.39, 0.29) is 5.82 Å². The van der Waals surface area contributed by atoms with Gasteiger partial charge in [-0.1, -0.05) is 35.9 Å². The van der Waals surface area contributed by atoms with Gasteiger partial charge in [0.15, 0.2) is 17.3 Å². The quantitative estimate of drug-likeness (QED) is 0.427. The van der Waals surface area contributed by atoms with Crippen LogP contribution in [0.4, 0.5) is 0 Å². The van der Waals surface area contributed by atoms with Crippen molar-refractivity contribution in [3.05, 3.63) is 93.7 Å². The molecular formula is C25H20ClN3O4. The minimum atomic E-state index is -0.495. The largest absolute Gasteiger partial charge is 0.493 e. The predicted molar refractivity (Wildman–Crippen MR) is 129 cm³/mol.